The Balaban J connectivity index is 0.00000280. The molecule has 2 saturated heterocycles. The fourth-order valence-corrected chi connectivity index (χ4v) is 3.72. The summed E-state index contributed by atoms with van der Waals surface area (Å²) in [6.07, 6.45) is -1.19. The van der Waals surface area contributed by atoms with E-state index in [1.807, 2.05) is 0 Å². The van der Waals surface area contributed by atoms with Crippen LogP contribution in [-0.2, 0) is 22.3 Å². The molecule has 0 aliphatic carbocycles. The van der Waals surface area contributed by atoms with E-state index >= 15 is 0 Å². The first-order chi connectivity index (χ1) is 12.9. The van der Waals surface area contributed by atoms with Crippen LogP contribution in [0.25, 0.3) is 0 Å². The van der Waals surface area contributed by atoms with Gasteiger partial charge in [0, 0.05) is 19.6 Å². The first-order valence-electron chi connectivity index (χ1n) is 9.31. The van der Waals surface area contributed by atoms with Gasteiger partial charge in [0.2, 0.25) is 11.8 Å². The van der Waals surface area contributed by atoms with Gasteiger partial charge in [0.05, 0.1) is 11.5 Å². The van der Waals surface area contributed by atoms with E-state index in [1.165, 1.54) is 12.1 Å². The summed E-state index contributed by atoms with van der Waals surface area (Å²) < 4.78 is 37.8. The summed E-state index contributed by atoms with van der Waals surface area (Å²) in [6, 6.07) is 4.23. The van der Waals surface area contributed by atoms with E-state index in [0.717, 1.165) is 37.9 Å². The number of likely N-dealkylation sites (tertiary alicyclic amines) is 1. The van der Waals surface area contributed by atoms with Crippen molar-refractivity contribution in [1.29, 1.82) is 0 Å². The zero-order valence-electron chi connectivity index (χ0n) is 15.4. The Morgan fingerprint density at radius 1 is 1.14 bits per heavy atom. The van der Waals surface area contributed by atoms with E-state index in [4.69, 9.17) is 0 Å². The van der Waals surface area contributed by atoms with Gasteiger partial charge in [-0.25, -0.2) is 0 Å². The molecule has 0 spiro atoms. The van der Waals surface area contributed by atoms with Crippen LogP contribution in [0.3, 0.4) is 0 Å². The number of carbonyl (C=O) groups excluding carboxylic acids is 2. The number of halogens is 4. The van der Waals surface area contributed by atoms with Crippen molar-refractivity contribution in [3.05, 3.63) is 35.4 Å². The van der Waals surface area contributed by atoms with Crippen molar-refractivity contribution < 1.29 is 22.8 Å². The van der Waals surface area contributed by atoms with Gasteiger partial charge in [-0.1, -0.05) is 12.1 Å². The monoisotopic (exact) mass is 419 g/mol. The molecule has 0 aromatic heterocycles. The lowest BCUT2D eigenvalue weighted by Gasteiger charge is -2.30. The van der Waals surface area contributed by atoms with Crippen LogP contribution in [0.15, 0.2) is 24.3 Å². The molecule has 28 heavy (non-hydrogen) atoms. The molecule has 0 bridgehead atoms. The molecule has 2 unspecified atom stereocenters. The minimum atomic E-state index is -4.37. The fourth-order valence-electron chi connectivity index (χ4n) is 3.72. The third-order valence-corrected chi connectivity index (χ3v) is 5.23. The standard InChI is InChI=1S/C19H24F3N3O2.ClH/c20-19(21,22)15-7-5-13(6-8-15)11-24-17(26)16-4-2-10-25(16)18(27)14-3-1-9-23-12-14;/h5-8,14,16,23H,1-4,9-12H2,(H,24,26);1H. The molecule has 2 atom stereocenters. The Kier molecular flexibility index (Phi) is 7.71. The molecule has 1 aromatic carbocycles. The Bertz CT molecular complexity index is 676. The van der Waals surface area contributed by atoms with Crippen molar-refractivity contribution in [2.24, 2.45) is 5.92 Å². The Labute approximate surface area is 168 Å². The zero-order chi connectivity index (χ0) is 19.4. The largest absolute Gasteiger partial charge is 0.416 e. The number of nitrogens with one attached hydrogen (secondary N) is 2. The maximum atomic E-state index is 12.7. The van der Waals surface area contributed by atoms with Crippen molar-refractivity contribution in [2.45, 2.75) is 44.4 Å². The number of rotatable bonds is 4. The molecule has 0 saturated carbocycles. The third kappa shape index (κ3) is 5.38. The van der Waals surface area contributed by atoms with E-state index in [0.29, 0.717) is 25.1 Å². The van der Waals surface area contributed by atoms with E-state index in [-0.39, 0.29) is 36.7 Å². The summed E-state index contributed by atoms with van der Waals surface area (Å²) in [5.41, 5.74) is -0.130. The molecule has 2 aliphatic heterocycles. The highest BCUT2D eigenvalue weighted by Gasteiger charge is 2.37. The van der Waals surface area contributed by atoms with Crippen LogP contribution in [0, 0.1) is 5.92 Å². The second-order valence-electron chi connectivity index (χ2n) is 7.15. The maximum Gasteiger partial charge on any atom is 0.416 e. The molecule has 156 valence electrons. The molecule has 2 fully saturated rings. The van der Waals surface area contributed by atoms with Crippen molar-refractivity contribution >= 4 is 24.2 Å². The van der Waals surface area contributed by atoms with Crippen LogP contribution in [-0.4, -0.2) is 42.4 Å². The van der Waals surface area contributed by atoms with Crippen molar-refractivity contribution in [1.82, 2.24) is 15.5 Å². The van der Waals surface area contributed by atoms with Crippen LogP contribution < -0.4 is 10.6 Å². The summed E-state index contributed by atoms with van der Waals surface area (Å²) in [5.74, 6) is -0.305. The molecular formula is C19H25ClF3N3O2. The summed E-state index contributed by atoms with van der Waals surface area (Å²) >= 11 is 0. The summed E-state index contributed by atoms with van der Waals surface area (Å²) in [6.45, 7) is 2.28. The van der Waals surface area contributed by atoms with Gasteiger partial charge < -0.3 is 15.5 Å². The van der Waals surface area contributed by atoms with E-state index in [1.54, 1.807) is 4.90 Å². The lowest BCUT2D eigenvalue weighted by atomic mass is 9.97. The van der Waals surface area contributed by atoms with E-state index in [2.05, 4.69) is 10.6 Å². The second-order valence-corrected chi connectivity index (χ2v) is 7.15. The normalized spacial score (nSPS) is 22.5. The summed E-state index contributed by atoms with van der Waals surface area (Å²) in [7, 11) is 0. The topological polar surface area (TPSA) is 61.4 Å². The number of carbonyl (C=O) groups is 2. The average molecular weight is 420 g/mol. The first kappa shape index (κ1) is 22.5. The smallest absolute Gasteiger partial charge is 0.350 e. The molecule has 3 rings (SSSR count). The molecule has 5 nitrogen and oxygen atoms in total. The maximum absolute atomic E-state index is 12.7. The van der Waals surface area contributed by atoms with Gasteiger partial charge in [0.15, 0.2) is 0 Å². The highest BCUT2D eigenvalue weighted by Crippen LogP contribution is 2.29. The minimum Gasteiger partial charge on any atom is -0.350 e. The van der Waals surface area contributed by atoms with Crippen molar-refractivity contribution in [3.8, 4) is 0 Å². The fraction of sp³-hybridized carbons (Fsp3) is 0.579. The minimum absolute atomic E-state index is 0. The number of amides is 2. The van der Waals surface area contributed by atoms with Gasteiger partial charge >= 0.3 is 6.18 Å². The Morgan fingerprint density at radius 3 is 2.46 bits per heavy atom. The van der Waals surface area contributed by atoms with Gasteiger partial charge in [-0.05, 0) is 49.9 Å². The van der Waals surface area contributed by atoms with Crippen LogP contribution in [0.4, 0.5) is 13.2 Å². The molecule has 0 radical (unpaired) electrons. The van der Waals surface area contributed by atoms with Gasteiger partial charge in [0.25, 0.3) is 0 Å². The Hall–Kier alpha value is -1.80. The second kappa shape index (κ2) is 9.60. The van der Waals surface area contributed by atoms with Crippen molar-refractivity contribution in [2.75, 3.05) is 19.6 Å². The van der Waals surface area contributed by atoms with E-state index in [9.17, 15) is 22.8 Å². The Morgan fingerprint density at radius 2 is 1.86 bits per heavy atom. The zero-order valence-corrected chi connectivity index (χ0v) is 16.2. The average Bonchev–Trinajstić information content (AvgIpc) is 3.16. The number of alkyl halides is 3. The molecule has 1 aromatic rings. The van der Waals surface area contributed by atoms with Crippen LogP contribution in [0.1, 0.15) is 36.8 Å². The number of nitrogens with zero attached hydrogens (tertiary/aromatic N) is 1. The molecule has 2 amide bonds. The number of benzene rings is 1. The SMILES string of the molecule is Cl.O=C(NCc1ccc(C(F)(F)F)cc1)C1CCCN1C(=O)C1CCCNC1. The number of hydrogen-bond acceptors (Lipinski definition) is 3. The molecule has 2 N–H and O–H groups in total. The summed E-state index contributed by atoms with van der Waals surface area (Å²) in [4.78, 5) is 26.9. The summed E-state index contributed by atoms with van der Waals surface area (Å²) in [5, 5.41) is 5.97. The molecule has 2 aliphatic rings. The van der Waals surface area contributed by atoms with Gasteiger partial charge in [-0.2, -0.15) is 13.2 Å². The first-order valence-corrected chi connectivity index (χ1v) is 9.31. The predicted molar refractivity (Wildman–Crippen MR) is 101 cm³/mol. The van der Waals surface area contributed by atoms with Crippen LogP contribution in [0.2, 0.25) is 0 Å². The third-order valence-electron chi connectivity index (χ3n) is 5.23. The number of piperidine rings is 1. The van der Waals surface area contributed by atoms with Gasteiger partial charge in [0.1, 0.15) is 6.04 Å². The van der Waals surface area contributed by atoms with Crippen LogP contribution >= 0.6 is 12.4 Å². The quantitative estimate of drug-likeness (QED) is 0.789. The van der Waals surface area contributed by atoms with E-state index < -0.39 is 17.8 Å². The molecule has 2 heterocycles. The lowest BCUT2D eigenvalue weighted by molar-refractivity contribution is -0.142. The highest BCUT2D eigenvalue weighted by atomic mass is 35.5. The highest BCUT2D eigenvalue weighted by molar-refractivity contribution is 5.89. The van der Waals surface area contributed by atoms with Gasteiger partial charge in [-0.3, -0.25) is 9.59 Å². The molecular weight excluding hydrogens is 395 g/mol. The van der Waals surface area contributed by atoms with Crippen LogP contribution in [0.5, 0.6) is 0 Å². The van der Waals surface area contributed by atoms with Crippen molar-refractivity contribution in [3.63, 3.8) is 0 Å². The predicted octanol–water partition coefficient (Wildman–Crippen LogP) is 2.73. The number of hydrogen-bond donors (Lipinski definition) is 2. The van der Waals surface area contributed by atoms with Gasteiger partial charge in [-0.15, -0.1) is 12.4 Å². The molecule has 9 heteroatoms. The lowest BCUT2D eigenvalue weighted by Crippen LogP contribution is -2.50.